The number of amides is 1. The number of carbonyl (C=O) groups excluding carboxylic acids is 1. The Kier molecular flexibility index (Phi) is 5.16. The molecule has 1 aromatic carbocycles. The molecule has 0 spiro atoms. The number of aliphatic hydroxyl groups excluding tert-OH is 1. The van der Waals surface area contributed by atoms with E-state index in [-0.39, 0.29) is 5.91 Å². The number of hydrogen-bond acceptors (Lipinski definition) is 3. The van der Waals surface area contributed by atoms with Gasteiger partial charge in [0.1, 0.15) is 6.10 Å². The smallest absolute Gasteiger partial charge is 0.254 e. The highest BCUT2D eigenvalue weighted by Gasteiger charge is 2.51. The van der Waals surface area contributed by atoms with Gasteiger partial charge in [-0.15, -0.1) is 11.5 Å². The maximum atomic E-state index is 12.0. The van der Waals surface area contributed by atoms with Gasteiger partial charge in [0.15, 0.2) is 6.10 Å². The molecule has 1 N–H and O–H groups in total. The van der Waals surface area contributed by atoms with Gasteiger partial charge in [0.25, 0.3) is 5.91 Å². The molecule has 0 bridgehead atoms. The van der Waals surface area contributed by atoms with Gasteiger partial charge in [-0.1, -0.05) is 43.5 Å². The van der Waals surface area contributed by atoms with Crippen molar-refractivity contribution in [2.75, 3.05) is 13.7 Å². The third-order valence-corrected chi connectivity index (χ3v) is 3.78. The number of benzene rings is 1. The number of methoxy groups -OCH3 is 1. The van der Waals surface area contributed by atoms with Crippen LogP contribution in [-0.2, 0) is 9.53 Å². The highest BCUT2D eigenvalue weighted by atomic mass is 16.5. The van der Waals surface area contributed by atoms with E-state index in [1.807, 2.05) is 30.3 Å². The molecule has 114 valence electrons. The monoisotopic (exact) mass is 297 g/mol. The molecule has 1 aromatic rings. The molecule has 3 atom stereocenters. The summed E-state index contributed by atoms with van der Waals surface area (Å²) in [5.74, 6) is -0.158. The predicted octanol–water partition coefficient (Wildman–Crippen LogP) is 1.78. The van der Waals surface area contributed by atoms with E-state index in [4.69, 9.17) is 4.74 Å². The van der Waals surface area contributed by atoms with Crippen LogP contribution in [0.1, 0.15) is 5.56 Å². The number of aliphatic hydroxyl groups is 1. The van der Waals surface area contributed by atoms with Crippen LogP contribution >= 0.6 is 0 Å². The molecule has 0 radical (unpaired) electrons. The van der Waals surface area contributed by atoms with Gasteiger partial charge in [0.2, 0.25) is 0 Å². The number of hydrogen-bond donors (Lipinski definition) is 1. The second-order valence-electron chi connectivity index (χ2n) is 4.95. The van der Waals surface area contributed by atoms with Crippen molar-refractivity contribution >= 4 is 11.5 Å². The summed E-state index contributed by atoms with van der Waals surface area (Å²) in [7, 11) is 1.46. The first-order chi connectivity index (χ1) is 10.7. The molecule has 1 saturated heterocycles. The molecule has 2 rings (SSSR count). The Hall–Kier alpha value is -2.35. The van der Waals surface area contributed by atoms with Crippen LogP contribution in [0.3, 0.4) is 0 Å². The Balaban J connectivity index is 2.28. The zero-order valence-corrected chi connectivity index (χ0v) is 12.5. The fraction of sp³-hybridized carbons (Fsp3) is 0.278. The first kappa shape index (κ1) is 16.0. The van der Waals surface area contributed by atoms with E-state index in [0.29, 0.717) is 12.1 Å². The summed E-state index contributed by atoms with van der Waals surface area (Å²) in [6.45, 7) is 7.48. The van der Waals surface area contributed by atoms with Crippen LogP contribution in [0.2, 0.25) is 0 Å². The van der Waals surface area contributed by atoms with Gasteiger partial charge < -0.3 is 14.7 Å². The van der Waals surface area contributed by atoms with Gasteiger partial charge in [-0.2, -0.15) is 0 Å². The molecule has 2 unspecified atom stereocenters. The second-order valence-corrected chi connectivity index (χ2v) is 4.95. The van der Waals surface area contributed by atoms with Crippen molar-refractivity contribution in [3.05, 3.63) is 66.6 Å². The number of β-lactam (4-membered cyclic amide) rings is 1. The van der Waals surface area contributed by atoms with Crippen LogP contribution in [0, 0.1) is 0 Å². The minimum Gasteiger partial charge on any atom is -0.385 e. The molecule has 4 heteroatoms. The average Bonchev–Trinajstić information content (AvgIpc) is 2.54. The summed E-state index contributed by atoms with van der Waals surface area (Å²) in [5.41, 5.74) is 6.78. The Morgan fingerprint density at radius 2 is 2.14 bits per heavy atom. The summed E-state index contributed by atoms with van der Waals surface area (Å²) in [5, 5.41) is 10.7. The van der Waals surface area contributed by atoms with E-state index in [0.717, 1.165) is 5.56 Å². The molecular weight excluding hydrogens is 278 g/mol. The first-order valence-electron chi connectivity index (χ1n) is 6.96. The van der Waals surface area contributed by atoms with Crippen LogP contribution in [0.4, 0.5) is 0 Å². The molecule has 0 aliphatic carbocycles. The zero-order chi connectivity index (χ0) is 16.1. The summed E-state index contributed by atoms with van der Waals surface area (Å²) in [4.78, 5) is 13.6. The number of carbonyl (C=O) groups is 1. The highest BCUT2D eigenvalue weighted by molar-refractivity contribution is 5.90. The SMILES string of the molecule is C=C=CCN1C(=O)C(OC)C1[C@H](O)C(=C=C)c1ccccc1. The van der Waals surface area contributed by atoms with Gasteiger partial charge in [0, 0.05) is 19.2 Å². The van der Waals surface area contributed by atoms with Crippen molar-refractivity contribution in [3.63, 3.8) is 0 Å². The van der Waals surface area contributed by atoms with Crippen LogP contribution in [0.5, 0.6) is 0 Å². The van der Waals surface area contributed by atoms with Gasteiger partial charge in [-0.25, -0.2) is 0 Å². The third-order valence-electron chi connectivity index (χ3n) is 3.78. The standard InChI is InChI=1S/C18H19NO3/c1-4-6-12-19-15(17(22-3)18(19)21)16(20)14(5-2)13-10-8-7-9-11-13/h6-11,15-17,20H,1-2,12H2,3H3/t15?,16-,17?/m1/s1. The van der Waals surface area contributed by atoms with E-state index >= 15 is 0 Å². The van der Waals surface area contributed by atoms with E-state index in [2.05, 4.69) is 24.6 Å². The van der Waals surface area contributed by atoms with E-state index in [1.165, 1.54) is 12.0 Å². The Morgan fingerprint density at radius 1 is 1.45 bits per heavy atom. The van der Waals surface area contributed by atoms with Gasteiger partial charge in [-0.3, -0.25) is 4.79 Å². The quantitative estimate of drug-likeness (QED) is 0.643. The molecule has 1 amide bonds. The lowest BCUT2D eigenvalue weighted by molar-refractivity contribution is -0.175. The van der Waals surface area contributed by atoms with Crippen molar-refractivity contribution < 1.29 is 14.6 Å². The zero-order valence-electron chi connectivity index (χ0n) is 12.5. The molecular formula is C18H19NO3. The Labute approximate surface area is 130 Å². The summed E-state index contributed by atoms with van der Waals surface area (Å²) >= 11 is 0. The van der Waals surface area contributed by atoms with E-state index in [9.17, 15) is 9.90 Å². The van der Waals surface area contributed by atoms with Crippen molar-refractivity contribution in [2.45, 2.75) is 18.2 Å². The van der Waals surface area contributed by atoms with Crippen molar-refractivity contribution in [1.82, 2.24) is 4.90 Å². The maximum Gasteiger partial charge on any atom is 0.254 e. The predicted molar refractivity (Wildman–Crippen MR) is 85.0 cm³/mol. The van der Waals surface area contributed by atoms with Crippen molar-refractivity contribution in [2.24, 2.45) is 0 Å². The normalized spacial score (nSPS) is 21.4. The molecule has 0 saturated carbocycles. The van der Waals surface area contributed by atoms with E-state index in [1.54, 1.807) is 6.08 Å². The number of likely N-dealkylation sites (tertiary alicyclic amines) is 1. The first-order valence-corrected chi connectivity index (χ1v) is 6.96. The minimum absolute atomic E-state index is 0.158. The molecule has 1 fully saturated rings. The lowest BCUT2D eigenvalue weighted by Gasteiger charge is -2.48. The van der Waals surface area contributed by atoms with Crippen LogP contribution in [0.15, 0.2) is 61.0 Å². The van der Waals surface area contributed by atoms with Crippen LogP contribution in [-0.4, -0.2) is 47.8 Å². The Bertz CT molecular complexity index is 640. The van der Waals surface area contributed by atoms with Gasteiger partial charge in [-0.05, 0) is 11.6 Å². The third kappa shape index (κ3) is 2.82. The number of rotatable bonds is 6. The fourth-order valence-corrected chi connectivity index (χ4v) is 2.65. The fourth-order valence-electron chi connectivity index (χ4n) is 2.65. The minimum atomic E-state index is -0.930. The summed E-state index contributed by atoms with van der Waals surface area (Å²) in [6, 6.07) is 8.89. The van der Waals surface area contributed by atoms with E-state index < -0.39 is 18.2 Å². The maximum absolute atomic E-state index is 12.0. The van der Waals surface area contributed by atoms with Crippen molar-refractivity contribution in [1.29, 1.82) is 0 Å². The molecule has 1 aliphatic heterocycles. The van der Waals surface area contributed by atoms with Crippen LogP contribution in [0.25, 0.3) is 5.57 Å². The number of ether oxygens (including phenoxy) is 1. The Morgan fingerprint density at radius 3 is 2.68 bits per heavy atom. The second kappa shape index (κ2) is 7.08. The van der Waals surface area contributed by atoms with Gasteiger partial charge in [0.05, 0.1) is 6.04 Å². The number of nitrogens with zero attached hydrogens (tertiary/aromatic N) is 1. The largest absolute Gasteiger partial charge is 0.385 e. The molecule has 4 nitrogen and oxygen atoms in total. The van der Waals surface area contributed by atoms with Crippen LogP contribution < -0.4 is 0 Å². The topological polar surface area (TPSA) is 49.8 Å². The van der Waals surface area contributed by atoms with Gasteiger partial charge >= 0.3 is 0 Å². The molecule has 1 aliphatic rings. The molecule has 0 aromatic heterocycles. The highest BCUT2D eigenvalue weighted by Crippen LogP contribution is 2.31. The lowest BCUT2D eigenvalue weighted by Crippen LogP contribution is -2.69. The summed E-state index contributed by atoms with van der Waals surface area (Å²) in [6.07, 6.45) is 0.0459. The van der Waals surface area contributed by atoms with Crippen molar-refractivity contribution in [3.8, 4) is 0 Å². The average molecular weight is 297 g/mol. The molecule has 1 heterocycles. The molecule has 22 heavy (non-hydrogen) atoms. The lowest BCUT2D eigenvalue weighted by atomic mass is 9.86. The summed E-state index contributed by atoms with van der Waals surface area (Å²) < 4.78 is 5.21.